The Kier molecular flexibility index (Phi) is 9.02. The van der Waals surface area contributed by atoms with Crippen LogP contribution in [0.1, 0.15) is 33.3 Å². The number of rotatable bonds is 7. The Morgan fingerprint density at radius 3 is 1.97 bits per heavy atom. The van der Waals surface area contributed by atoms with E-state index in [-0.39, 0.29) is 6.61 Å². The summed E-state index contributed by atoms with van der Waals surface area (Å²) in [5.74, 6) is -2.29. The number of benzene rings is 1. The maximum absolute atomic E-state index is 11.8. The zero-order valence-electron chi connectivity index (χ0n) is 18.3. The highest BCUT2D eigenvalue weighted by Crippen LogP contribution is 2.32. The Labute approximate surface area is 193 Å². The molecule has 0 saturated carbocycles. The minimum Gasteiger partial charge on any atom is -0.463 e. The minimum atomic E-state index is -1.28. The van der Waals surface area contributed by atoms with E-state index in [2.05, 4.69) is 15.9 Å². The summed E-state index contributed by atoms with van der Waals surface area (Å²) in [6.45, 7) is 6.15. The zero-order valence-corrected chi connectivity index (χ0v) is 19.9. The van der Waals surface area contributed by atoms with Crippen LogP contribution in [-0.2, 0) is 42.9 Å². The van der Waals surface area contributed by atoms with Gasteiger partial charge < -0.3 is 28.4 Å². The Morgan fingerprint density at radius 2 is 1.44 bits per heavy atom. The molecule has 176 valence electrons. The van der Waals surface area contributed by atoms with Crippen LogP contribution in [0.25, 0.3) is 0 Å². The van der Waals surface area contributed by atoms with Crippen molar-refractivity contribution in [1.82, 2.24) is 0 Å². The van der Waals surface area contributed by atoms with Crippen LogP contribution in [0.3, 0.4) is 0 Å². The van der Waals surface area contributed by atoms with Crippen LogP contribution in [0.15, 0.2) is 22.7 Å². The first-order valence-electron chi connectivity index (χ1n) is 9.71. The lowest BCUT2D eigenvalue weighted by atomic mass is 9.98. The van der Waals surface area contributed by atoms with Crippen LogP contribution >= 0.6 is 15.9 Å². The molecule has 0 aromatic heterocycles. The lowest BCUT2D eigenvalue weighted by Gasteiger charge is -2.44. The average molecular weight is 517 g/mol. The average Bonchev–Trinajstić information content (AvgIpc) is 2.65. The summed E-state index contributed by atoms with van der Waals surface area (Å²) < 4.78 is 33.8. The highest BCUT2D eigenvalue weighted by molar-refractivity contribution is 9.10. The van der Waals surface area contributed by atoms with Gasteiger partial charge in [0.15, 0.2) is 12.2 Å². The highest BCUT2D eigenvalue weighted by atomic mass is 79.9. The van der Waals surface area contributed by atoms with E-state index < -0.39 is 54.6 Å². The summed E-state index contributed by atoms with van der Waals surface area (Å²) in [4.78, 5) is 46.7. The summed E-state index contributed by atoms with van der Waals surface area (Å²) >= 11 is 3.37. The van der Waals surface area contributed by atoms with Gasteiger partial charge in [0.05, 0.1) is 0 Å². The normalized spacial score (nSPS) is 24.8. The predicted octanol–water partition coefficient (Wildman–Crippen LogP) is 2.22. The second-order valence-corrected chi connectivity index (χ2v) is 8.01. The molecule has 11 heteroatoms. The molecular formula is C21H25BrO10. The lowest BCUT2D eigenvalue weighted by Crippen LogP contribution is -2.63. The van der Waals surface area contributed by atoms with E-state index >= 15 is 0 Å². The molecule has 1 aliphatic rings. The zero-order chi connectivity index (χ0) is 24.0. The van der Waals surface area contributed by atoms with Crippen LogP contribution in [0.2, 0.25) is 0 Å². The van der Waals surface area contributed by atoms with E-state index in [1.54, 1.807) is 25.1 Å². The Bertz CT molecular complexity index is 870. The van der Waals surface area contributed by atoms with Crippen molar-refractivity contribution in [2.45, 2.75) is 65.3 Å². The van der Waals surface area contributed by atoms with Crippen LogP contribution < -0.4 is 4.74 Å². The first-order valence-corrected chi connectivity index (χ1v) is 10.5. The number of hydrogen-bond donors (Lipinski definition) is 0. The molecule has 0 radical (unpaired) electrons. The van der Waals surface area contributed by atoms with Crippen molar-refractivity contribution in [3.05, 3.63) is 28.2 Å². The largest absolute Gasteiger partial charge is 0.463 e. The molecule has 5 atom stereocenters. The molecule has 1 saturated heterocycles. The summed E-state index contributed by atoms with van der Waals surface area (Å²) in [5, 5.41) is 0. The van der Waals surface area contributed by atoms with Gasteiger partial charge in [0, 0.05) is 32.2 Å². The number of carbonyl (C=O) groups is 4. The van der Waals surface area contributed by atoms with Gasteiger partial charge in [-0.1, -0.05) is 15.9 Å². The third kappa shape index (κ3) is 7.20. The highest BCUT2D eigenvalue weighted by Gasteiger charge is 2.53. The smallest absolute Gasteiger partial charge is 0.303 e. The summed E-state index contributed by atoms with van der Waals surface area (Å²) in [7, 11) is 0. The van der Waals surface area contributed by atoms with E-state index in [4.69, 9.17) is 28.4 Å². The lowest BCUT2D eigenvalue weighted by molar-refractivity contribution is -0.288. The first kappa shape index (κ1) is 25.6. The number of ether oxygens (including phenoxy) is 6. The molecule has 10 nitrogen and oxygen atoms in total. The molecule has 1 aromatic rings. The van der Waals surface area contributed by atoms with Crippen LogP contribution in [0.5, 0.6) is 5.75 Å². The fraction of sp³-hybridized carbons (Fsp3) is 0.524. The van der Waals surface area contributed by atoms with Crippen molar-refractivity contribution in [2.24, 2.45) is 0 Å². The minimum absolute atomic E-state index is 0.322. The summed E-state index contributed by atoms with van der Waals surface area (Å²) in [6, 6.07) is 5.22. The fourth-order valence-corrected chi connectivity index (χ4v) is 3.63. The molecule has 0 aliphatic carbocycles. The summed E-state index contributed by atoms with van der Waals surface area (Å²) in [5.41, 5.74) is 0.743. The third-order valence-electron chi connectivity index (χ3n) is 4.33. The second-order valence-electron chi connectivity index (χ2n) is 7.10. The molecule has 1 aliphatic heterocycles. The second kappa shape index (κ2) is 11.3. The van der Waals surface area contributed by atoms with Gasteiger partial charge in [-0.25, -0.2) is 0 Å². The number of carbonyl (C=O) groups excluding carboxylic acids is 4. The van der Waals surface area contributed by atoms with Crippen LogP contribution in [0, 0.1) is 6.92 Å². The third-order valence-corrected chi connectivity index (χ3v) is 4.82. The summed E-state index contributed by atoms with van der Waals surface area (Å²) in [6.07, 6.45) is -6.13. The number of aryl methyl sites for hydroxylation is 1. The number of hydrogen-bond acceptors (Lipinski definition) is 10. The molecule has 0 spiro atoms. The maximum Gasteiger partial charge on any atom is 0.303 e. The van der Waals surface area contributed by atoms with Gasteiger partial charge in [-0.05, 0) is 30.7 Å². The molecule has 32 heavy (non-hydrogen) atoms. The van der Waals surface area contributed by atoms with Crippen molar-refractivity contribution in [3.63, 3.8) is 0 Å². The topological polar surface area (TPSA) is 124 Å². The van der Waals surface area contributed by atoms with E-state index in [9.17, 15) is 19.2 Å². The van der Waals surface area contributed by atoms with E-state index in [1.807, 2.05) is 0 Å². The van der Waals surface area contributed by atoms with Crippen molar-refractivity contribution in [1.29, 1.82) is 0 Å². The SMILES string of the molecule is CC(=O)OC[C@@H]1O[C@H](Oc2ccc(Br)cc2C)[C@H](OC(C)=O)[C@H](OC(C)=O)[C@H]1OC(C)=O. The van der Waals surface area contributed by atoms with Gasteiger partial charge in [0.25, 0.3) is 0 Å². The molecule has 1 fully saturated rings. The van der Waals surface area contributed by atoms with E-state index in [0.717, 1.165) is 23.9 Å². The molecule has 0 bridgehead atoms. The number of esters is 4. The van der Waals surface area contributed by atoms with Crippen LogP contribution in [0.4, 0.5) is 0 Å². The van der Waals surface area contributed by atoms with Gasteiger partial charge >= 0.3 is 23.9 Å². The Balaban J connectivity index is 2.47. The quantitative estimate of drug-likeness (QED) is 0.393. The molecule has 0 amide bonds. The predicted molar refractivity (Wildman–Crippen MR) is 111 cm³/mol. The van der Waals surface area contributed by atoms with Gasteiger partial charge in [0.2, 0.25) is 12.4 Å². The van der Waals surface area contributed by atoms with Crippen molar-refractivity contribution >= 4 is 39.8 Å². The van der Waals surface area contributed by atoms with Crippen LogP contribution in [-0.4, -0.2) is 61.2 Å². The molecule has 2 rings (SSSR count). The monoisotopic (exact) mass is 516 g/mol. The van der Waals surface area contributed by atoms with Gasteiger partial charge in [-0.15, -0.1) is 0 Å². The van der Waals surface area contributed by atoms with Crippen molar-refractivity contribution in [2.75, 3.05) is 6.61 Å². The standard InChI is InChI=1S/C21H25BrO10/c1-10-8-15(22)6-7-16(10)31-21-20(30-14(5)26)19(29-13(4)25)18(28-12(3)24)17(32-21)9-27-11(2)23/h6-8,17-21H,9H2,1-5H3/t17-,18-,19+,20+,21-/m0/s1. The van der Waals surface area contributed by atoms with E-state index in [1.165, 1.54) is 13.8 Å². The Hall–Kier alpha value is -2.66. The van der Waals surface area contributed by atoms with E-state index in [0.29, 0.717) is 5.75 Å². The molecule has 0 N–H and O–H groups in total. The van der Waals surface area contributed by atoms with Crippen molar-refractivity contribution in [3.8, 4) is 5.75 Å². The van der Waals surface area contributed by atoms with Gasteiger partial charge in [-0.3, -0.25) is 19.2 Å². The molecular weight excluding hydrogens is 492 g/mol. The number of halogens is 1. The van der Waals surface area contributed by atoms with Gasteiger partial charge in [-0.2, -0.15) is 0 Å². The molecule has 0 unspecified atom stereocenters. The molecule has 1 aromatic carbocycles. The first-order chi connectivity index (χ1) is 15.0. The molecule has 1 heterocycles. The maximum atomic E-state index is 11.8. The van der Waals surface area contributed by atoms with Crippen molar-refractivity contribution < 1.29 is 47.6 Å². The fourth-order valence-electron chi connectivity index (χ4n) is 3.15. The van der Waals surface area contributed by atoms with Gasteiger partial charge in [0.1, 0.15) is 18.5 Å². The Morgan fingerprint density at radius 1 is 0.875 bits per heavy atom.